The van der Waals surface area contributed by atoms with Crippen molar-refractivity contribution in [1.82, 2.24) is 9.99 Å². The number of nitrogens with one attached hydrogen (secondary N) is 2. The number of halogens is 1. The summed E-state index contributed by atoms with van der Waals surface area (Å²) >= 11 is 3.39. The van der Waals surface area contributed by atoms with E-state index in [1.807, 2.05) is 38.1 Å². The second-order valence-electron chi connectivity index (χ2n) is 8.69. The maximum atomic E-state index is 12.8. The van der Waals surface area contributed by atoms with Crippen LogP contribution >= 0.6 is 15.9 Å². The highest BCUT2D eigenvalue weighted by Crippen LogP contribution is 2.23. The first-order valence-corrected chi connectivity index (χ1v) is 12.7. The summed E-state index contributed by atoms with van der Waals surface area (Å²) in [6.45, 7) is 5.21. The zero-order valence-corrected chi connectivity index (χ0v) is 23.6. The lowest BCUT2D eigenvalue weighted by atomic mass is 10.1. The van der Waals surface area contributed by atoms with Crippen molar-refractivity contribution >= 4 is 39.6 Å². The van der Waals surface area contributed by atoms with Crippen LogP contribution in [0.15, 0.2) is 56.8 Å². The molecule has 10 nitrogen and oxygen atoms in total. The van der Waals surface area contributed by atoms with Crippen LogP contribution in [0.2, 0.25) is 0 Å². The SMILES string of the molecule is COCc1c(Br)c(C)n(CC(=O)N/N=C\c2cccc(OCC(=O)Nc3ccc(C)c(C)c3)c2)c(=O)c1C#N. The number of methoxy groups -OCH3 is 1. The fraction of sp³-hybridized carbons (Fsp3) is 0.250. The highest BCUT2D eigenvalue weighted by atomic mass is 79.9. The van der Waals surface area contributed by atoms with Gasteiger partial charge in [-0.05, 0) is 77.7 Å². The number of hydrogen-bond acceptors (Lipinski definition) is 7. The van der Waals surface area contributed by atoms with E-state index in [1.54, 1.807) is 31.2 Å². The smallest absolute Gasteiger partial charge is 0.269 e. The molecule has 0 spiro atoms. The largest absolute Gasteiger partial charge is 0.484 e. The first-order chi connectivity index (χ1) is 18.6. The van der Waals surface area contributed by atoms with Crippen molar-refractivity contribution in [3.05, 3.63) is 90.8 Å². The molecule has 0 radical (unpaired) electrons. The van der Waals surface area contributed by atoms with Crippen LogP contribution in [0, 0.1) is 32.1 Å². The number of aromatic nitrogens is 1. The van der Waals surface area contributed by atoms with Gasteiger partial charge in [-0.25, -0.2) is 5.43 Å². The highest BCUT2D eigenvalue weighted by molar-refractivity contribution is 9.10. The van der Waals surface area contributed by atoms with Crippen LogP contribution in [0.4, 0.5) is 5.69 Å². The van der Waals surface area contributed by atoms with Gasteiger partial charge in [-0.2, -0.15) is 10.4 Å². The van der Waals surface area contributed by atoms with Crippen LogP contribution in [0.5, 0.6) is 5.75 Å². The maximum Gasteiger partial charge on any atom is 0.269 e. The summed E-state index contributed by atoms with van der Waals surface area (Å²) in [5.41, 5.74) is 6.15. The molecule has 1 aromatic heterocycles. The standard InChI is InChI=1S/C28H28BrN5O5/c1-17-8-9-21(10-18(17)2)32-26(36)16-39-22-7-5-6-20(11-22)13-31-33-25(35)14-34-19(3)27(29)24(15-38-4)23(12-30)28(34)37/h5-11,13H,14-16H2,1-4H3,(H,32,36)(H,33,35)/b31-13-. The lowest BCUT2D eigenvalue weighted by molar-refractivity contribution is -0.121. The Kier molecular flexibility index (Phi) is 10.1. The molecule has 0 fully saturated rings. The first-order valence-electron chi connectivity index (χ1n) is 11.9. The summed E-state index contributed by atoms with van der Waals surface area (Å²) < 4.78 is 12.4. The Morgan fingerprint density at radius 2 is 1.90 bits per heavy atom. The molecule has 0 saturated heterocycles. The minimum Gasteiger partial charge on any atom is -0.484 e. The number of pyridine rings is 1. The Morgan fingerprint density at radius 1 is 1.13 bits per heavy atom. The van der Waals surface area contributed by atoms with Crippen molar-refractivity contribution in [3.63, 3.8) is 0 Å². The number of amides is 2. The normalized spacial score (nSPS) is 10.8. The number of aryl methyl sites for hydroxylation is 2. The van der Waals surface area contributed by atoms with Gasteiger partial charge in [0.2, 0.25) is 0 Å². The average Bonchev–Trinajstić information content (AvgIpc) is 2.91. The van der Waals surface area contributed by atoms with Crippen molar-refractivity contribution in [2.75, 3.05) is 19.0 Å². The summed E-state index contributed by atoms with van der Waals surface area (Å²) in [6, 6.07) is 14.4. The third kappa shape index (κ3) is 7.63. The molecule has 2 aromatic carbocycles. The van der Waals surface area contributed by atoms with Gasteiger partial charge in [-0.15, -0.1) is 0 Å². The lowest BCUT2D eigenvalue weighted by Crippen LogP contribution is -2.33. The summed E-state index contributed by atoms with van der Waals surface area (Å²) in [4.78, 5) is 37.5. The van der Waals surface area contributed by atoms with Crippen LogP contribution in [0.3, 0.4) is 0 Å². The summed E-state index contributed by atoms with van der Waals surface area (Å²) in [5.74, 6) is -0.397. The lowest BCUT2D eigenvalue weighted by Gasteiger charge is -2.15. The molecule has 0 atom stereocenters. The predicted molar refractivity (Wildman–Crippen MR) is 151 cm³/mol. The molecule has 0 saturated carbocycles. The van der Waals surface area contributed by atoms with Crippen molar-refractivity contribution in [1.29, 1.82) is 5.26 Å². The average molecular weight is 594 g/mol. The minimum absolute atomic E-state index is 0.0801. The molecule has 3 rings (SSSR count). The Hall–Kier alpha value is -4.27. The molecule has 2 N–H and O–H groups in total. The van der Waals surface area contributed by atoms with Crippen LogP contribution in [-0.2, 0) is 27.5 Å². The number of anilines is 1. The molecule has 0 unspecified atom stereocenters. The fourth-order valence-electron chi connectivity index (χ4n) is 3.66. The van der Waals surface area contributed by atoms with Crippen LogP contribution in [0.25, 0.3) is 0 Å². The van der Waals surface area contributed by atoms with E-state index in [0.717, 1.165) is 11.1 Å². The van der Waals surface area contributed by atoms with E-state index in [-0.39, 0.29) is 31.2 Å². The van der Waals surface area contributed by atoms with Gasteiger partial charge < -0.3 is 19.4 Å². The molecule has 0 bridgehead atoms. The van der Waals surface area contributed by atoms with E-state index in [0.29, 0.717) is 32.7 Å². The second-order valence-corrected chi connectivity index (χ2v) is 9.48. The quantitative estimate of drug-likeness (QED) is 0.272. The molecule has 11 heteroatoms. The number of ether oxygens (including phenoxy) is 2. The Bertz CT molecular complexity index is 1520. The predicted octanol–water partition coefficient (Wildman–Crippen LogP) is 3.72. The number of carbonyl (C=O) groups excluding carboxylic acids is 2. The molecule has 0 aliphatic carbocycles. The Balaban J connectivity index is 1.59. The van der Waals surface area contributed by atoms with E-state index in [2.05, 4.69) is 31.8 Å². The minimum atomic E-state index is -0.587. The highest BCUT2D eigenvalue weighted by Gasteiger charge is 2.19. The third-order valence-corrected chi connectivity index (χ3v) is 6.92. The van der Waals surface area contributed by atoms with Crippen molar-refractivity contribution in [2.45, 2.75) is 33.9 Å². The van der Waals surface area contributed by atoms with Crippen molar-refractivity contribution < 1.29 is 19.1 Å². The van der Waals surface area contributed by atoms with E-state index in [4.69, 9.17) is 9.47 Å². The zero-order chi connectivity index (χ0) is 28.5. The van der Waals surface area contributed by atoms with Gasteiger partial charge in [0.15, 0.2) is 6.61 Å². The van der Waals surface area contributed by atoms with Gasteiger partial charge in [0, 0.05) is 28.5 Å². The van der Waals surface area contributed by atoms with Gasteiger partial charge >= 0.3 is 0 Å². The Labute approximate surface area is 234 Å². The van der Waals surface area contributed by atoms with Crippen molar-refractivity contribution in [3.8, 4) is 11.8 Å². The van der Waals surface area contributed by atoms with Crippen molar-refractivity contribution in [2.24, 2.45) is 5.10 Å². The maximum absolute atomic E-state index is 12.8. The number of nitrogens with zero attached hydrogens (tertiary/aromatic N) is 3. The number of benzene rings is 2. The van der Waals surface area contributed by atoms with Crippen LogP contribution in [-0.4, -0.2) is 36.3 Å². The number of hydrogen-bond donors (Lipinski definition) is 2. The molecule has 0 aliphatic heterocycles. The van der Waals surface area contributed by atoms with Gasteiger partial charge in [-0.3, -0.25) is 14.4 Å². The van der Waals surface area contributed by atoms with Gasteiger partial charge in [0.25, 0.3) is 17.4 Å². The van der Waals surface area contributed by atoms with E-state index in [9.17, 15) is 19.6 Å². The third-order valence-electron chi connectivity index (χ3n) is 5.87. The fourth-order valence-corrected chi connectivity index (χ4v) is 4.18. The van der Waals surface area contributed by atoms with Gasteiger partial charge in [0.1, 0.15) is 23.9 Å². The zero-order valence-electron chi connectivity index (χ0n) is 22.0. The first kappa shape index (κ1) is 29.3. The number of hydrazone groups is 1. The molecule has 1 heterocycles. The number of nitriles is 1. The number of carbonyl (C=O) groups is 2. The molecule has 202 valence electrons. The molecule has 0 aliphatic rings. The van der Waals surface area contributed by atoms with E-state index < -0.39 is 11.5 Å². The Morgan fingerprint density at radius 3 is 2.59 bits per heavy atom. The van der Waals surface area contributed by atoms with Gasteiger partial charge in [0.05, 0.1) is 12.8 Å². The van der Waals surface area contributed by atoms with Crippen LogP contribution in [0.1, 0.15) is 33.5 Å². The molecule has 39 heavy (non-hydrogen) atoms. The summed E-state index contributed by atoms with van der Waals surface area (Å²) in [6.07, 6.45) is 1.41. The molecule has 2 amide bonds. The summed E-state index contributed by atoms with van der Waals surface area (Å²) in [7, 11) is 1.46. The van der Waals surface area contributed by atoms with Gasteiger partial charge in [-0.1, -0.05) is 18.2 Å². The van der Waals surface area contributed by atoms with Crippen LogP contribution < -0.4 is 21.0 Å². The monoisotopic (exact) mass is 593 g/mol. The molecular formula is C28H28BrN5O5. The van der Waals surface area contributed by atoms with E-state index in [1.165, 1.54) is 17.9 Å². The van der Waals surface area contributed by atoms with E-state index >= 15 is 0 Å². The number of rotatable bonds is 10. The second kappa shape index (κ2) is 13.5. The molecular weight excluding hydrogens is 566 g/mol. The topological polar surface area (TPSA) is 135 Å². The molecule has 3 aromatic rings. The summed E-state index contributed by atoms with van der Waals surface area (Å²) in [5, 5.41) is 16.2.